The molecule has 3 amide bonds. The summed E-state index contributed by atoms with van der Waals surface area (Å²) in [5, 5.41) is 0. The lowest BCUT2D eigenvalue weighted by molar-refractivity contribution is 0.0995. The van der Waals surface area contributed by atoms with Crippen molar-refractivity contribution in [1.29, 1.82) is 0 Å². The summed E-state index contributed by atoms with van der Waals surface area (Å²) in [5.74, 6) is -0.508. The van der Waals surface area contributed by atoms with Gasteiger partial charge in [0.05, 0.1) is 5.69 Å². The van der Waals surface area contributed by atoms with Gasteiger partial charge in [0, 0.05) is 11.3 Å². The maximum absolute atomic E-state index is 12.3. The first-order valence-corrected chi connectivity index (χ1v) is 5.64. The van der Waals surface area contributed by atoms with E-state index < -0.39 is 11.9 Å². The number of anilines is 2. The minimum atomic E-state index is -0.835. The van der Waals surface area contributed by atoms with Crippen molar-refractivity contribution in [3.63, 3.8) is 0 Å². The number of amides is 3. The molecule has 2 rings (SSSR count). The molecule has 5 nitrogen and oxygen atoms in total. The molecule has 2 aromatic rings. The Morgan fingerprint density at radius 1 is 0.947 bits per heavy atom. The van der Waals surface area contributed by atoms with Crippen LogP contribution in [0.5, 0.6) is 0 Å². The van der Waals surface area contributed by atoms with Crippen molar-refractivity contribution in [2.75, 3.05) is 10.6 Å². The van der Waals surface area contributed by atoms with Crippen LogP contribution < -0.4 is 16.4 Å². The molecular weight excluding hydrogens is 242 g/mol. The van der Waals surface area contributed by atoms with Crippen molar-refractivity contribution in [3.05, 3.63) is 60.2 Å². The Balaban J connectivity index is 2.41. The molecule has 2 aromatic carbocycles. The predicted octanol–water partition coefficient (Wildman–Crippen LogP) is 1.99. The zero-order valence-electron chi connectivity index (χ0n) is 10.1. The van der Waals surface area contributed by atoms with Gasteiger partial charge in [-0.3, -0.25) is 4.79 Å². The number of benzene rings is 2. The number of rotatable bonds is 2. The van der Waals surface area contributed by atoms with Crippen LogP contribution in [0, 0.1) is 0 Å². The van der Waals surface area contributed by atoms with Gasteiger partial charge in [-0.15, -0.1) is 0 Å². The van der Waals surface area contributed by atoms with Crippen molar-refractivity contribution in [3.8, 4) is 0 Å². The number of nitrogens with zero attached hydrogens (tertiary/aromatic N) is 1. The summed E-state index contributed by atoms with van der Waals surface area (Å²) in [5.41, 5.74) is 12.1. The lowest BCUT2D eigenvalue weighted by Crippen LogP contribution is -2.40. The van der Waals surface area contributed by atoms with Gasteiger partial charge < -0.3 is 11.5 Å². The Kier molecular flexibility index (Phi) is 3.47. The number of carbonyl (C=O) groups is 2. The average molecular weight is 255 g/mol. The molecule has 4 N–H and O–H groups in total. The Labute approximate surface area is 110 Å². The van der Waals surface area contributed by atoms with Crippen molar-refractivity contribution >= 4 is 23.3 Å². The second-order valence-electron chi connectivity index (χ2n) is 3.94. The quantitative estimate of drug-likeness (QED) is 0.804. The largest absolute Gasteiger partial charge is 0.399 e. The average Bonchev–Trinajstić information content (AvgIpc) is 2.39. The van der Waals surface area contributed by atoms with Crippen LogP contribution in [0.1, 0.15) is 10.4 Å². The van der Waals surface area contributed by atoms with Crippen LogP contribution in [0.3, 0.4) is 0 Å². The maximum atomic E-state index is 12.3. The number of nitrogen functional groups attached to an aromatic ring is 1. The van der Waals surface area contributed by atoms with E-state index in [1.807, 2.05) is 0 Å². The van der Waals surface area contributed by atoms with E-state index in [0.717, 1.165) is 4.90 Å². The lowest BCUT2D eigenvalue weighted by atomic mass is 10.1. The molecule has 0 heterocycles. The number of primary amides is 1. The van der Waals surface area contributed by atoms with Gasteiger partial charge in [0.15, 0.2) is 0 Å². The van der Waals surface area contributed by atoms with Crippen molar-refractivity contribution in [2.24, 2.45) is 5.73 Å². The molecule has 0 spiro atoms. The molecular formula is C14H13N3O2. The Morgan fingerprint density at radius 3 is 2.21 bits per heavy atom. The molecule has 0 unspecified atom stereocenters. The number of urea groups is 1. The third-order valence-corrected chi connectivity index (χ3v) is 2.57. The van der Waals surface area contributed by atoms with Gasteiger partial charge in [0.2, 0.25) is 0 Å². The highest BCUT2D eigenvalue weighted by molar-refractivity contribution is 6.20. The summed E-state index contributed by atoms with van der Waals surface area (Å²) >= 11 is 0. The highest BCUT2D eigenvalue weighted by Gasteiger charge is 2.22. The van der Waals surface area contributed by atoms with E-state index in [-0.39, 0.29) is 0 Å². The van der Waals surface area contributed by atoms with Crippen molar-refractivity contribution in [2.45, 2.75) is 0 Å². The van der Waals surface area contributed by atoms with Crippen LogP contribution in [-0.4, -0.2) is 11.9 Å². The fourth-order valence-electron chi connectivity index (χ4n) is 1.72. The fourth-order valence-corrected chi connectivity index (χ4v) is 1.72. The molecule has 0 saturated heterocycles. The van der Waals surface area contributed by atoms with E-state index in [2.05, 4.69) is 0 Å². The van der Waals surface area contributed by atoms with Crippen molar-refractivity contribution in [1.82, 2.24) is 0 Å². The fraction of sp³-hybridized carbons (Fsp3) is 0. The molecule has 0 aliphatic heterocycles. The molecule has 96 valence electrons. The zero-order valence-corrected chi connectivity index (χ0v) is 10.1. The number of imide groups is 1. The lowest BCUT2D eigenvalue weighted by Gasteiger charge is -2.18. The summed E-state index contributed by atoms with van der Waals surface area (Å²) in [6.45, 7) is 0. The molecule has 0 radical (unpaired) electrons. The summed E-state index contributed by atoms with van der Waals surface area (Å²) in [4.78, 5) is 24.7. The van der Waals surface area contributed by atoms with Gasteiger partial charge in [0.25, 0.3) is 5.91 Å². The van der Waals surface area contributed by atoms with Gasteiger partial charge in [-0.05, 0) is 30.3 Å². The number of para-hydroxylation sites is 1. The molecule has 19 heavy (non-hydrogen) atoms. The van der Waals surface area contributed by atoms with Crippen LogP contribution >= 0.6 is 0 Å². The SMILES string of the molecule is NC(=O)N(C(=O)c1cccc(N)c1)c1ccccc1. The molecule has 0 atom stereocenters. The highest BCUT2D eigenvalue weighted by Crippen LogP contribution is 2.17. The van der Waals surface area contributed by atoms with Crippen molar-refractivity contribution < 1.29 is 9.59 Å². The third kappa shape index (κ3) is 2.71. The molecule has 0 bridgehead atoms. The highest BCUT2D eigenvalue weighted by atomic mass is 16.2. The van der Waals surface area contributed by atoms with Gasteiger partial charge in [0.1, 0.15) is 0 Å². The van der Waals surface area contributed by atoms with Gasteiger partial charge >= 0.3 is 6.03 Å². The van der Waals surface area contributed by atoms with Crippen LogP contribution in [0.25, 0.3) is 0 Å². The molecule has 0 aromatic heterocycles. The first-order valence-electron chi connectivity index (χ1n) is 5.64. The second kappa shape index (κ2) is 5.22. The van der Waals surface area contributed by atoms with E-state index >= 15 is 0 Å². The van der Waals surface area contributed by atoms with Crippen LogP contribution in [0.15, 0.2) is 54.6 Å². The topological polar surface area (TPSA) is 89.4 Å². The monoisotopic (exact) mass is 255 g/mol. The minimum absolute atomic E-state index is 0.308. The number of hydrogen-bond acceptors (Lipinski definition) is 3. The summed E-state index contributed by atoms with van der Waals surface area (Å²) < 4.78 is 0. The number of carbonyl (C=O) groups excluding carboxylic acids is 2. The normalized spacial score (nSPS) is 9.89. The Bertz CT molecular complexity index is 611. The van der Waals surface area contributed by atoms with Gasteiger partial charge in [-0.2, -0.15) is 0 Å². The van der Waals surface area contributed by atoms with E-state index in [1.165, 1.54) is 6.07 Å². The Hall–Kier alpha value is -2.82. The third-order valence-electron chi connectivity index (χ3n) is 2.57. The molecule has 0 aliphatic rings. The van der Waals surface area contributed by atoms with E-state index in [0.29, 0.717) is 16.9 Å². The predicted molar refractivity (Wildman–Crippen MR) is 73.7 cm³/mol. The first-order chi connectivity index (χ1) is 9.09. The van der Waals surface area contributed by atoms with Crippen LogP contribution in [0.4, 0.5) is 16.2 Å². The summed E-state index contributed by atoms with van der Waals surface area (Å²) in [7, 11) is 0. The number of nitrogens with two attached hydrogens (primary N) is 2. The minimum Gasteiger partial charge on any atom is -0.399 e. The van der Waals surface area contributed by atoms with Gasteiger partial charge in [-0.1, -0.05) is 24.3 Å². The first kappa shape index (κ1) is 12.6. The molecule has 0 saturated carbocycles. The molecule has 5 heteroatoms. The Morgan fingerprint density at radius 2 is 1.63 bits per heavy atom. The number of hydrogen-bond donors (Lipinski definition) is 2. The van der Waals surface area contributed by atoms with E-state index in [4.69, 9.17) is 11.5 Å². The zero-order chi connectivity index (χ0) is 13.8. The summed E-state index contributed by atoms with van der Waals surface area (Å²) in [6.07, 6.45) is 0. The standard InChI is InChI=1S/C14H13N3O2/c15-11-6-4-5-10(9-11)13(18)17(14(16)19)12-7-2-1-3-8-12/h1-9H,15H2,(H2,16,19). The van der Waals surface area contributed by atoms with Gasteiger partial charge in [-0.25, -0.2) is 9.69 Å². The van der Waals surface area contributed by atoms with E-state index in [1.54, 1.807) is 48.5 Å². The van der Waals surface area contributed by atoms with E-state index in [9.17, 15) is 9.59 Å². The summed E-state index contributed by atoms with van der Waals surface area (Å²) in [6, 6.07) is 14.0. The molecule has 0 fully saturated rings. The molecule has 0 aliphatic carbocycles. The smallest absolute Gasteiger partial charge is 0.326 e. The van der Waals surface area contributed by atoms with Crippen LogP contribution in [0.2, 0.25) is 0 Å². The maximum Gasteiger partial charge on any atom is 0.326 e. The second-order valence-corrected chi connectivity index (χ2v) is 3.94. The van der Waals surface area contributed by atoms with Crippen LogP contribution in [-0.2, 0) is 0 Å².